The highest BCUT2D eigenvalue weighted by molar-refractivity contribution is 5.73. The molecule has 3 nitrogen and oxygen atoms in total. The fraction of sp³-hybridized carbons (Fsp3) is 0.500. The number of hydrogen-bond donors (Lipinski definition) is 1. The van der Waals surface area contributed by atoms with Crippen LogP contribution >= 0.6 is 0 Å². The van der Waals surface area contributed by atoms with Gasteiger partial charge < -0.3 is 9.73 Å². The zero-order chi connectivity index (χ0) is 12.3. The van der Waals surface area contributed by atoms with E-state index in [0.29, 0.717) is 5.92 Å². The van der Waals surface area contributed by atoms with Gasteiger partial charge in [-0.2, -0.15) is 0 Å². The molecule has 1 heterocycles. The third-order valence-electron chi connectivity index (χ3n) is 2.66. The molecule has 1 aromatic heterocycles. The predicted molar refractivity (Wildman–Crippen MR) is 69.9 cm³/mol. The number of benzene rings is 1. The van der Waals surface area contributed by atoms with Crippen LogP contribution in [-0.2, 0) is 13.0 Å². The third kappa shape index (κ3) is 3.07. The monoisotopic (exact) mass is 232 g/mol. The Kier molecular flexibility index (Phi) is 3.79. The van der Waals surface area contributed by atoms with Gasteiger partial charge in [0.05, 0.1) is 0 Å². The third-order valence-corrected chi connectivity index (χ3v) is 2.66. The van der Waals surface area contributed by atoms with E-state index in [4.69, 9.17) is 4.42 Å². The van der Waals surface area contributed by atoms with Crippen LogP contribution in [0.3, 0.4) is 0 Å². The van der Waals surface area contributed by atoms with Crippen molar-refractivity contribution in [1.82, 2.24) is 10.3 Å². The van der Waals surface area contributed by atoms with Crippen molar-refractivity contribution in [3.8, 4) is 0 Å². The Labute approximate surface area is 102 Å². The van der Waals surface area contributed by atoms with Gasteiger partial charge in [-0.3, -0.25) is 0 Å². The molecule has 3 heteroatoms. The topological polar surface area (TPSA) is 38.1 Å². The van der Waals surface area contributed by atoms with Crippen LogP contribution in [-0.4, -0.2) is 11.5 Å². The molecule has 1 N–H and O–H groups in total. The molecule has 0 spiro atoms. The van der Waals surface area contributed by atoms with E-state index in [2.05, 4.69) is 43.2 Å². The average Bonchev–Trinajstić information content (AvgIpc) is 2.66. The van der Waals surface area contributed by atoms with Gasteiger partial charge in [0.25, 0.3) is 0 Å². The first-order valence-corrected chi connectivity index (χ1v) is 6.28. The summed E-state index contributed by atoms with van der Waals surface area (Å²) >= 11 is 0. The van der Waals surface area contributed by atoms with Crippen molar-refractivity contribution in [1.29, 1.82) is 0 Å². The molecular formula is C14H20N2O. The van der Waals surface area contributed by atoms with E-state index in [0.717, 1.165) is 36.5 Å². The molecular weight excluding hydrogens is 212 g/mol. The number of oxazole rings is 1. The lowest BCUT2D eigenvalue weighted by Gasteiger charge is -2.00. The van der Waals surface area contributed by atoms with Gasteiger partial charge in [0.15, 0.2) is 11.5 Å². The van der Waals surface area contributed by atoms with Gasteiger partial charge in [-0.05, 0) is 30.2 Å². The summed E-state index contributed by atoms with van der Waals surface area (Å²) in [5.41, 5.74) is 3.11. The zero-order valence-corrected chi connectivity index (χ0v) is 10.8. The SMILES string of the molecule is CCNCc1ccc2oc(CC(C)C)nc2c1. The van der Waals surface area contributed by atoms with Gasteiger partial charge in [0, 0.05) is 13.0 Å². The molecule has 0 saturated carbocycles. The maximum absolute atomic E-state index is 5.71. The summed E-state index contributed by atoms with van der Waals surface area (Å²) in [5, 5.41) is 3.31. The van der Waals surface area contributed by atoms with Gasteiger partial charge in [-0.25, -0.2) is 4.98 Å². The zero-order valence-electron chi connectivity index (χ0n) is 10.8. The minimum absolute atomic E-state index is 0.573. The van der Waals surface area contributed by atoms with Gasteiger partial charge in [-0.1, -0.05) is 26.8 Å². The van der Waals surface area contributed by atoms with Crippen molar-refractivity contribution in [2.75, 3.05) is 6.54 Å². The second-order valence-electron chi connectivity index (χ2n) is 4.79. The maximum Gasteiger partial charge on any atom is 0.195 e. The molecule has 0 fully saturated rings. The summed E-state index contributed by atoms with van der Waals surface area (Å²) in [6, 6.07) is 6.21. The van der Waals surface area contributed by atoms with E-state index in [-0.39, 0.29) is 0 Å². The van der Waals surface area contributed by atoms with Gasteiger partial charge in [0.1, 0.15) is 5.52 Å². The summed E-state index contributed by atoms with van der Waals surface area (Å²) < 4.78 is 5.71. The summed E-state index contributed by atoms with van der Waals surface area (Å²) in [6.45, 7) is 8.32. The molecule has 0 aliphatic rings. The van der Waals surface area contributed by atoms with Crippen molar-refractivity contribution >= 4 is 11.1 Å². The summed E-state index contributed by atoms with van der Waals surface area (Å²) in [4.78, 5) is 4.53. The minimum Gasteiger partial charge on any atom is -0.441 e. The highest BCUT2D eigenvalue weighted by Crippen LogP contribution is 2.19. The highest BCUT2D eigenvalue weighted by Gasteiger charge is 2.07. The Bertz CT molecular complexity index is 488. The van der Waals surface area contributed by atoms with Crippen molar-refractivity contribution in [2.45, 2.75) is 33.7 Å². The van der Waals surface area contributed by atoms with Crippen LogP contribution in [0, 0.1) is 5.92 Å². The van der Waals surface area contributed by atoms with E-state index in [1.165, 1.54) is 5.56 Å². The van der Waals surface area contributed by atoms with Crippen molar-refractivity contribution in [3.63, 3.8) is 0 Å². The molecule has 0 saturated heterocycles. The minimum atomic E-state index is 0.573. The molecule has 0 unspecified atom stereocenters. The predicted octanol–water partition coefficient (Wildman–Crippen LogP) is 3.14. The van der Waals surface area contributed by atoms with E-state index < -0.39 is 0 Å². The second kappa shape index (κ2) is 5.32. The largest absolute Gasteiger partial charge is 0.441 e. The maximum atomic E-state index is 5.71. The van der Waals surface area contributed by atoms with Crippen LogP contribution in [0.2, 0.25) is 0 Å². The van der Waals surface area contributed by atoms with Crippen molar-refractivity contribution in [3.05, 3.63) is 29.7 Å². The van der Waals surface area contributed by atoms with Crippen LogP contribution in [0.1, 0.15) is 32.2 Å². The Morgan fingerprint density at radius 2 is 2.18 bits per heavy atom. The molecule has 0 atom stereocenters. The smallest absolute Gasteiger partial charge is 0.195 e. The fourth-order valence-corrected chi connectivity index (χ4v) is 1.84. The molecule has 92 valence electrons. The second-order valence-corrected chi connectivity index (χ2v) is 4.79. The number of nitrogens with zero attached hydrogens (tertiary/aromatic N) is 1. The number of hydrogen-bond acceptors (Lipinski definition) is 3. The molecule has 17 heavy (non-hydrogen) atoms. The van der Waals surface area contributed by atoms with E-state index in [9.17, 15) is 0 Å². The molecule has 0 amide bonds. The van der Waals surface area contributed by atoms with Gasteiger partial charge >= 0.3 is 0 Å². The van der Waals surface area contributed by atoms with Crippen molar-refractivity contribution in [2.24, 2.45) is 5.92 Å². The van der Waals surface area contributed by atoms with E-state index >= 15 is 0 Å². The van der Waals surface area contributed by atoms with Crippen LogP contribution in [0.4, 0.5) is 0 Å². The summed E-state index contributed by atoms with van der Waals surface area (Å²) in [6.07, 6.45) is 0.900. The Morgan fingerprint density at radius 1 is 1.35 bits per heavy atom. The molecule has 0 radical (unpaired) electrons. The first kappa shape index (κ1) is 12.1. The lowest BCUT2D eigenvalue weighted by Crippen LogP contribution is -2.11. The number of nitrogens with one attached hydrogen (secondary N) is 1. The van der Waals surface area contributed by atoms with Gasteiger partial charge in [-0.15, -0.1) is 0 Å². The molecule has 2 aromatic rings. The molecule has 0 aliphatic heterocycles. The van der Waals surface area contributed by atoms with E-state index in [1.807, 2.05) is 6.07 Å². The first-order valence-electron chi connectivity index (χ1n) is 6.28. The lowest BCUT2D eigenvalue weighted by atomic mass is 10.1. The van der Waals surface area contributed by atoms with Crippen LogP contribution in [0.25, 0.3) is 11.1 Å². The van der Waals surface area contributed by atoms with E-state index in [1.54, 1.807) is 0 Å². The normalized spacial score (nSPS) is 11.5. The highest BCUT2D eigenvalue weighted by atomic mass is 16.3. The van der Waals surface area contributed by atoms with Crippen LogP contribution in [0.5, 0.6) is 0 Å². The Morgan fingerprint density at radius 3 is 2.88 bits per heavy atom. The number of rotatable bonds is 5. The van der Waals surface area contributed by atoms with Gasteiger partial charge in [0.2, 0.25) is 0 Å². The van der Waals surface area contributed by atoms with Crippen molar-refractivity contribution < 1.29 is 4.42 Å². The summed E-state index contributed by atoms with van der Waals surface area (Å²) in [5.74, 6) is 1.42. The Balaban J connectivity index is 2.21. The lowest BCUT2D eigenvalue weighted by molar-refractivity contribution is 0.482. The fourth-order valence-electron chi connectivity index (χ4n) is 1.84. The summed E-state index contributed by atoms with van der Waals surface area (Å²) in [7, 11) is 0. The molecule has 0 aliphatic carbocycles. The van der Waals surface area contributed by atoms with Crippen LogP contribution < -0.4 is 5.32 Å². The Hall–Kier alpha value is -1.35. The molecule has 0 bridgehead atoms. The molecule has 2 rings (SSSR count). The standard InChI is InChI=1S/C14H20N2O/c1-4-15-9-11-5-6-13-12(8-11)16-14(17-13)7-10(2)3/h5-6,8,10,15H,4,7,9H2,1-3H3. The molecule has 1 aromatic carbocycles. The first-order chi connectivity index (χ1) is 8.19. The average molecular weight is 232 g/mol. The number of aromatic nitrogens is 1. The quantitative estimate of drug-likeness (QED) is 0.860. The van der Waals surface area contributed by atoms with Crippen LogP contribution in [0.15, 0.2) is 22.6 Å². The number of fused-ring (bicyclic) bond motifs is 1.